The molecule has 9 unspecified atom stereocenters. The lowest BCUT2D eigenvalue weighted by atomic mass is 9.79. The van der Waals surface area contributed by atoms with Gasteiger partial charge in [-0.3, -0.25) is 0 Å². The molecule has 6 aromatic carbocycles. The van der Waals surface area contributed by atoms with E-state index in [1.54, 1.807) is 30.3 Å². The van der Waals surface area contributed by atoms with Crippen LogP contribution in [0, 0.1) is 17.8 Å². The maximum atomic E-state index is 12.6. The monoisotopic (exact) mass is 1120 g/mol. The molecule has 3 fully saturated rings. The van der Waals surface area contributed by atoms with Crippen LogP contribution < -0.4 is 28.4 Å². The maximum Gasteiger partial charge on any atom is 0.165 e. The largest absolute Gasteiger partial charge is 0.504 e. The van der Waals surface area contributed by atoms with Gasteiger partial charge in [0.15, 0.2) is 69.0 Å². The Hall–Kier alpha value is -7.44. The van der Waals surface area contributed by atoms with Gasteiger partial charge in [-0.05, 0) is 106 Å². The lowest BCUT2D eigenvalue weighted by Gasteiger charge is -2.30. The maximum absolute atomic E-state index is 12.6. The highest BCUT2D eigenvalue weighted by Crippen LogP contribution is 2.53. The number of aliphatic hydroxyl groups excluding tert-OH is 3. The van der Waals surface area contributed by atoms with E-state index in [-0.39, 0.29) is 125 Å². The molecule has 6 aromatic rings. The average Bonchev–Trinajstić information content (AvgIpc) is 4.26. The fourth-order valence-corrected chi connectivity index (χ4v) is 11.9. The van der Waals surface area contributed by atoms with Gasteiger partial charge in [0.25, 0.3) is 0 Å². The first-order valence-electron chi connectivity index (χ1n) is 25.9. The Morgan fingerprint density at radius 2 is 0.642 bits per heavy atom. The molecule has 81 heavy (non-hydrogen) atoms. The summed E-state index contributed by atoms with van der Waals surface area (Å²) in [6, 6.07) is 21.3. The van der Waals surface area contributed by atoms with Crippen LogP contribution in [-0.4, -0.2) is 160 Å². The van der Waals surface area contributed by atoms with Gasteiger partial charge in [0.05, 0.1) is 117 Å². The number of phenols is 6. The number of benzene rings is 6. The number of rotatable bonds is 20. The number of phenolic OH excluding ortho intramolecular Hbond substituents is 6. The fourth-order valence-electron chi connectivity index (χ4n) is 11.9. The number of aliphatic hydroxyl groups is 6. The van der Waals surface area contributed by atoms with Crippen molar-refractivity contribution in [2.45, 2.75) is 54.4 Å². The van der Waals surface area contributed by atoms with E-state index in [1.165, 1.54) is 97.3 Å². The molecule has 0 amide bonds. The van der Waals surface area contributed by atoms with E-state index in [4.69, 9.17) is 42.6 Å². The second-order valence-electron chi connectivity index (χ2n) is 21.0. The smallest absolute Gasteiger partial charge is 0.165 e. The van der Waals surface area contributed by atoms with Crippen LogP contribution in [0.3, 0.4) is 0 Å². The van der Waals surface area contributed by atoms with Gasteiger partial charge in [-0.25, -0.2) is 0 Å². The van der Waals surface area contributed by atoms with Gasteiger partial charge in [0.1, 0.15) is 0 Å². The van der Waals surface area contributed by atoms with E-state index in [1.807, 2.05) is 0 Å². The van der Waals surface area contributed by atoms with Gasteiger partial charge < -0.3 is 104 Å². The summed E-state index contributed by atoms with van der Waals surface area (Å²) in [5.41, 5.74) is -2.36. The van der Waals surface area contributed by atoms with Crippen LogP contribution >= 0.6 is 0 Å². The third kappa shape index (κ3) is 10.7. The zero-order chi connectivity index (χ0) is 58.3. The Morgan fingerprint density at radius 1 is 0.370 bits per heavy atom. The first-order chi connectivity index (χ1) is 38.7. The van der Waals surface area contributed by atoms with Crippen molar-refractivity contribution in [2.75, 3.05) is 82.3 Å². The molecule has 0 aliphatic carbocycles. The minimum absolute atomic E-state index is 0.0137. The minimum Gasteiger partial charge on any atom is -0.504 e. The summed E-state index contributed by atoms with van der Waals surface area (Å²) in [6.07, 6.45) is -3.10. The normalized spacial score (nSPS) is 25.2. The van der Waals surface area contributed by atoms with Crippen LogP contribution in [-0.2, 0) is 33.5 Å². The lowest BCUT2D eigenvalue weighted by Crippen LogP contribution is -2.42. The number of aromatic hydroxyl groups is 6. The molecule has 21 nitrogen and oxygen atoms in total. The predicted molar refractivity (Wildman–Crippen MR) is 290 cm³/mol. The summed E-state index contributed by atoms with van der Waals surface area (Å²) in [4.78, 5) is 0. The summed E-state index contributed by atoms with van der Waals surface area (Å²) in [5.74, 6) is -4.30. The van der Waals surface area contributed by atoms with Crippen molar-refractivity contribution in [1.29, 1.82) is 0 Å². The van der Waals surface area contributed by atoms with Crippen LogP contribution in [0.2, 0.25) is 0 Å². The number of methoxy groups -OCH3 is 6. The highest BCUT2D eigenvalue weighted by Gasteiger charge is 2.52. The Bertz CT molecular complexity index is 3280. The first-order valence-corrected chi connectivity index (χ1v) is 25.9. The predicted octanol–water partition coefficient (Wildman–Crippen LogP) is 5.27. The van der Waals surface area contributed by atoms with Gasteiger partial charge in [-0.15, -0.1) is 0 Å². The number of hydrogen-bond donors (Lipinski definition) is 12. The van der Waals surface area contributed by atoms with Crippen molar-refractivity contribution in [3.8, 4) is 91.2 Å². The third-order valence-corrected chi connectivity index (χ3v) is 16.2. The van der Waals surface area contributed by atoms with E-state index < -0.39 is 78.4 Å². The van der Waals surface area contributed by atoms with Gasteiger partial charge >= 0.3 is 0 Å². The fraction of sp³-hybridized carbons (Fsp3) is 0.400. The molecule has 3 heterocycles. The molecule has 3 aliphatic rings. The van der Waals surface area contributed by atoms with Gasteiger partial charge in [-0.2, -0.15) is 0 Å². The quantitative estimate of drug-likeness (QED) is 0.0463. The topological polar surface area (TPSA) is 326 Å². The van der Waals surface area contributed by atoms with Crippen molar-refractivity contribution in [3.05, 3.63) is 118 Å². The third-order valence-electron chi connectivity index (χ3n) is 16.2. The van der Waals surface area contributed by atoms with E-state index in [0.29, 0.717) is 33.4 Å². The van der Waals surface area contributed by atoms with Crippen LogP contribution in [0.25, 0.3) is 22.3 Å². The van der Waals surface area contributed by atoms with Gasteiger partial charge in [0.2, 0.25) is 0 Å². The van der Waals surface area contributed by atoms with Crippen LogP contribution in [0.5, 0.6) is 69.0 Å². The van der Waals surface area contributed by atoms with Gasteiger partial charge in [-0.1, -0.05) is 12.1 Å². The van der Waals surface area contributed by atoms with E-state index in [0.717, 1.165) is 0 Å². The molecule has 0 bridgehead atoms. The summed E-state index contributed by atoms with van der Waals surface area (Å²) in [7, 11) is 8.11. The standard InChI is InChI=1S/C60H68O21/c1-73-45-18-33(7-9-43(45)64)55-40(24-61)58(70,27-79-55)21-30-11-36(51(66)47(14-30)75-3)37-12-31(15-48(76-4)52(37)67)23-60(72)29-81-57(42(60)26-63)35-17-39(54(69)50(20-35)78-6)38-13-32(16-49(77-5)53(38)68)22-59(71)28-80-56(41(59)25-62)34-8-10-44(65)46(19-34)74-2/h7-20,40-42,55-57,61-72H,21-29H2,1-6H3. The molecule has 9 atom stereocenters. The first kappa shape index (κ1) is 58.2. The minimum atomic E-state index is -1.83. The van der Waals surface area contributed by atoms with Crippen molar-refractivity contribution >= 4 is 0 Å². The molecule has 434 valence electrons. The Morgan fingerprint density at radius 3 is 0.938 bits per heavy atom. The van der Waals surface area contributed by atoms with Crippen LogP contribution in [0.4, 0.5) is 0 Å². The van der Waals surface area contributed by atoms with Crippen molar-refractivity contribution in [3.63, 3.8) is 0 Å². The molecule has 9 rings (SSSR count). The molecule has 0 aromatic heterocycles. The van der Waals surface area contributed by atoms with Crippen LogP contribution in [0.1, 0.15) is 51.7 Å². The average molecular weight is 1130 g/mol. The molecular formula is C60H68O21. The van der Waals surface area contributed by atoms with E-state index in [9.17, 15) is 61.3 Å². The zero-order valence-electron chi connectivity index (χ0n) is 45.5. The molecule has 21 heteroatoms. The molecular weight excluding hydrogens is 1060 g/mol. The molecule has 0 radical (unpaired) electrons. The molecule has 3 saturated heterocycles. The van der Waals surface area contributed by atoms with Crippen molar-refractivity contribution in [2.24, 2.45) is 17.8 Å². The molecule has 3 aliphatic heterocycles. The van der Waals surface area contributed by atoms with E-state index in [2.05, 4.69) is 0 Å². The summed E-state index contributed by atoms with van der Waals surface area (Å²) in [6.45, 7) is -2.34. The van der Waals surface area contributed by atoms with Gasteiger partial charge in [0, 0.05) is 59.3 Å². The number of hydrogen-bond acceptors (Lipinski definition) is 21. The van der Waals surface area contributed by atoms with Crippen LogP contribution in [0.15, 0.2) is 84.9 Å². The zero-order valence-corrected chi connectivity index (χ0v) is 45.5. The Balaban J connectivity index is 1.01. The lowest BCUT2D eigenvalue weighted by molar-refractivity contribution is -0.0155. The SMILES string of the molecule is COc1cc(C2OCC(O)(Cc3cc(OC)c(O)c(-c4cc(CC5(O)COC(c6cc(OC)c(O)c(-c7cc(CC8(O)COC(c9ccc(O)c(OC)c9)C8CO)cc(OC)c7O)c6)C5CO)cc(OC)c4O)c3)C2CO)ccc1O. The molecule has 0 saturated carbocycles. The van der Waals surface area contributed by atoms with Crippen molar-refractivity contribution < 1.29 is 104 Å². The summed E-state index contributed by atoms with van der Waals surface area (Å²) < 4.78 is 51.4. The summed E-state index contributed by atoms with van der Waals surface area (Å²) in [5, 5.41) is 137. The second-order valence-corrected chi connectivity index (χ2v) is 21.0. The highest BCUT2D eigenvalue weighted by atomic mass is 16.5. The van der Waals surface area contributed by atoms with E-state index >= 15 is 0 Å². The summed E-state index contributed by atoms with van der Waals surface area (Å²) >= 11 is 0. The second kappa shape index (κ2) is 23.2. The molecule has 12 N–H and O–H groups in total. The van der Waals surface area contributed by atoms with Crippen molar-refractivity contribution in [1.82, 2.24) is 0 Å². The Labute approximate surface area is 466 Å². The highest BCUT2D eigenvalue weighted by molar-refractivity contribution is 5.82. The Kier molecular flexibility index (Phi) is 16.7. The molecule has 0 spiro atoms. The number of ether oxygens (including phenoxy) is 9.